The fraction of sp³-hybridized carbons (Fsp3) is 0.562. The summed E-state index contributed by atoms with van der Waals surface area (Å²) in [6.45, 7) is 3.52. The number of nitrogens with zero attached hydrogens (tertiary/aromatic N) is 1. The van der Waals surface area contributed by atoms with E-state index in [0.717, 1.165) is 24.7 Å². The molecular weight excluding hydrogens is 409 g/mol. The van der Waals surface area contributed by atoms with Crippen molar-refractivity contribution in [3.8, 4) is 5.75 Å². The SMILES string of the molecule is CN=C(NCCCOCCOC)NCc1ccc(OC)cc1.I. The number of hydrogen-bond donors (Lipinski definition) is 2. The maximum Gasteiger partial charge on any atom is 0.191 e. The van der Waals surface area contributed by atoms with E-state index < -0.39 is 0 Å². The number of guanidine groups is 1. The molecule has 0 heterocycles. The smallest absolute Gasteiger partial charge is 0.191 e. The van der Waals surface area contributed by atoms with Crippen LogP contribution < -0.4 is 15.4 Å². The molecule has 0 atom stereocenters. The maximum absolute atomic E-state index is 5.40. The third kappa shape index (κ3) is 10.4. The lowest BCUT2D eigenvalue weighted by Gasteiger charge is -2.12. The van der Waals surface area contributed by atoms with Crippen molar-refractivity contribution in [3.05, 3.63) is 29.8 Å². The van der Waals surface area contributed by atoms with E-state index in [1.807, 2.05) is 24.3 Å². The normalized spacial score (nSPS) is 10.8. The Morgan fingerprint density at radius 1 is 1.04 bits per heavy atom. The van der Waals surface area contributed by atoms with Gasteiger partial charge in [0.2, 0.25) is 0 Å². The van der Waals surface area contributed by atoms with E-state index in [9.17, 15) is 0 Å². The molecule has 0 saturated carbocycles. The highest BCUT2D eigenvalue weighted by Gasteiger charge is 1.99. The minimum absolute atomic E-state index is 0. The largest absolute Gasteiger partial charge is 0.497 e. The second kappa shape index (κ2) is 14.5. The van der Waals surface area contributed by atoms with Crippen molar-refractivity contribution in [1.82, 2.24) is 10.6 Å². The molecule has 132 valence electrons. The lowest BCUT2D eigenvalue weighted by atomic mass is 10.2. The molecule has 6 nitrogen and oxygen atoms in total. The highest BCUT2D eigenvalue weighted by Crippen LogP contribution is 2.10. The lowest BCUT2D eigenvalue weighted by Crippen LogP contribution is -2.37. The number of rotatable bonds is 10. The Balaban J connectivity index is 0.00000484. The van der Waals surface area contributed by atoms with Gasteiger partial charge in [0.1, 0.15) is 5.75 Å². The van der Waals surface area contributed by atoms with Crippen molar-refractivity contribution < 1.29 is 14.2 Å². The number of methoxy groups -OCH3 is 2. The van der Waals surface area contributed by atoms with E-state index >= 15 is 0 Å². The summed E-state index contributed by atoms with van der Waals surface area (Å²) in [4.78, 5) is 4.19. The van der Waals surface area contributed by atoms with Crippen LogP contribution in [0, 0.1) is 0 Å². The predicted octanol–water partition coefficient (Wildman–Crippen LogP) is 2.03. The van der Waals surface area contributed by atoms with Crippen LogP contribution in [0.5, 0.6) is 5.75 Å². The van der Waals surface area contributed by atoms with Crippen molar-refractivity contribution in [2.45, 2.75) is 13.0 Å². The summed E-state index contributed by atoms with van der Waals surface area (Å²) >= 11 is 0. The first kappa shape index (κ1) is 21.9. The molecule has 7 heteroatoms. The molecule has 2 N–H and O–H groups in total. The Hall–Kier alpha value is -1.06. The zero-order valence-corrected chi connectivity index (χ0v) is 16.5. The Morgan fingerprint density at radius 3 is 2.39 bits per heavy atom. The van der Waals surface area contributed by atoms with Crippen LogP contribution in [0.25, 0.3) is 0 Å². The summed E-state index contributed by atoms with van der Waals surface area (Å²) in [6.07, 6.45) is 0.924. The Kier molecular flexibility index (Phi) is 13.9. The van der Waals surface area contributed by atoms with E-state index in [1.54, 1.807) is 21.3 Å². The minimum Gasteiger partial charge on any atom is -0.497 e. The Morgan fingerprint density at radius 2 is 1.78 bits per heavy atom. The lowest BCUT2D eigenvalue weighted by molar-refractivity contribution is 0.0698. The van der Waals surface area contributed by atoms with Gasteiger partial charge in [-0.3, -0.25) is 4.99 Å². The van der Waals surface area contributed by atoms with E-state index in [0.29, 0.717) is 26.4 Å². The average molecular weight is 437 g/mol. The van der Waals surface area contributed by atoms with Gasteiger partial charge >= 0.3 is 0 Å². The number of halogens is 1. The summed E-state index contributed by atoms with van der Waals surface area (Å²) in [5, 5.41) is 6.53. The Bertz CT molecular complexity index is 427. The molecule has 23 heavy (non-hydrogen) atoms. The van der Waals surface area contributed by atoms with Gasteiger partial charge in [0, 0.05) is 33.9 Å². The molecule has 0 amide bonds. The third-order valence-corrected chi connectivity index (χ3v) is 3.03. The van der Waals surface area contributed by atoms with Gasteiger partial charge in [-0.25, -0.2) is 0 Å². The quantitative estimate of drug-likeness (QED) is 0.254. The monoisotopic (exact) mass is 437 g/mol. The molecule has 0 spiro atoms. The molecule has 0 aliphatic heterocycles. The fourth-order valence-corrected chi connectivity index (χ4v) is 1.78. The zero-order valence-electron chi connectivity index (χ0n) is 14.1. The zero-order chi connectivity index (χ0) is 16.0. The van der Waals surface area contributed by atoms with Crippen LogP contribution in [0.1, 0.15) is 12.0 Å². The second-order valence-electron chi connectivity index (χ2n) is 4.66. The van der Waals surface area contributed by atoms with Gasteiger partial charge in [-0.1, -0.05) is 12.1 Å². The van der Waals surface area contributed by atoms with E-state index in [-0.39, 0.29) is 24.0 Å². The molecular formula is C16H28IN3O3. The molecule has 1 aromatic carbocycles. The summed E-state index contributed by atoms with van der Waals surface area (Å²) in [6, 6.07) is 7.96. The summed E-state index contributed by atoms with van der Waals surface area (Å²) in [5.74, 6) is 1.65. The average Bonchev–Trinajstić information content (AvgIpc) is 2.57. The topological polar surface area (TPSA) is 64.1 Å². The molecule has 0 saturated heterocycles. The number of hydrogen-bond acceptors (Lipinski definition) is 4. The molecule has 0 aliphatic rings. The minimum atomic E-state index is 0. The highest BCUT2D eigenvalue weighted by molar-refractivity contribution is 14.0. The first-order valence-electron chi connectivity index (χ1n) is 7.44. The van der Waals surface area contributed by atoms with Crippen molar-refractivity contribution in [2.24, 2.45) is 4.99 Å². The first-order valence-corrected chi connectivity index (χ1v) is 7.44. The molecule has 0 aliphatic carbocycles. The van der Waals surface area contributed by atoms with Crippen molar-refractivity contribution >= 4 is 29.9 Å². The van der Waals surface area contributed by atoms with Gasteiger partial charge in [-0.15, -0.1) is 24.0 Å². The number of benzene rings is 1. The van der Waals surface area contributed by atoms with Gasteiger partial charge in [-0.05, 0) is 24.1 Å². The van der Waals surface area contributed by atoms with E-state index in [2.05, 4.69) is 15.6 Å². The second-order valence-corrected chi connectivity index (χ2v) is 4.66. The molecule has 0 bridgehead atoms. The van der Waals surface area contributed by atoms with Gasteiger partial charge in [0.25, 0.3) is 0 Å². The van der Waals surface area contributed by atoms with Crippen molar-refractivity contribution in [3.63, 3.8) is 0 Å². The molecule has 1 aromatic rings. The predicted molar refractivity (Wildman–Crippen MR) is 104 cm³/mol. The van der Waals surface area contributed by atoms with Crippen LogP contribution in [0.4, 0.5) is 0 Å². The number of aliphatic imine (C=N–C) groups is 1. The standard InChI is InChI=1S/C16H27N3O3.HI/c1-17-16(18-9-4-10-22-12-11-20-2)19-13-14-5-7-15(21-3)8-6-14;/h5-8H,4,9-13H2,1-3H3,(H2,17,18,19);1H. The van der Waals surface area contributed by atoms with Gasteiger partial charge < -0.3 is 24.8 Å². The van der Waals surface area contributed by atoms with Crippen LogP contribution in [-0.4, -0.2) is 53.6 Å². The Labute approximate surface area is 156 Å². The fourth-order valence-electron chi connectivity index (χ4n) is 1.78. The van der Waals surface area contributed by atoms with Crippen LogP contribution in [0.15, 0.2) is 29.3 Å². The van der Waals surface area contributed by atoms with E-state index in [1.165, 1.54) is 5.56 Å². The van der Waals surface area contributed by atoms with Crippen LogP contribution in [-0.2, 0) is 16.0 Å². The maximum atomic E-state index is 5.40. The van der Waals surface area contributed by atoms with Crippen molar-refractivity contribution in [2.75, 3.05) is 47.6 Å². The van der Waals surface area contributed by atoms with Gasteiger partial charge in [0.05, 0.1) is 20.3 Å². The third-order valence-electron chi connectivity index (χ3n) is 3.03. The van der Waals surface area contributed by atoms with Crippen LogP contribution in [0.3, 0.4) is 0 Å². The van der Waals surface area contributed by atoms with Crippen LogP contribution in [0.2, 0.25) is 0 Å². The van der Waals surface area contributed by atoms with Crippen molar-refractivity contribution in [1.29, 1.82) is 0 Å². The van der Waals surface area contributed by atoms with E-state index in [4.69, 9.17) is 14.2 Å². The summed E-state index contributed by atoms with van der Waals surface area (Å²) < 4.78 is 15.5. The number of nitrogens with one attached hydrogen (secondary N) is 2. The van der Waals surface area contributed by atoms with Crippen LogP contribution >= 0.6 is 24.0 Å². The molecule has 0 unspecified atom stereocenters. The molecule has 0 radical (unpaired) electrons. The van der Waals surface area contributed by atoms with Gasteiger partial charge in [-0.2, -0.15) is 0 Å². The van der Waals surface area contributed by atoms with Gasteiger partial charge in [0.15, 0.2) is 5.96 Å². The first-order chi connectivity index (χ1) is 10.8. The highest BCUT2D eigenvalue weighted by atomic mass is 127. The number of ether oxygens (including phenoxy) is 3. The molecule has 1 rings (SSSR count). The molecule has 0 fully saturated rings. The summed E-state index contributed by atoms with van der Waals surface area (Å²) in [7, 11) is 5.10. The molecule has 0 aromatic heterocycles. The summed E-state index contributed by atoms with van der Waals surface area (Å²) in [5.41, 5.74) is 1.17.